The van der Waals surface area contributed by atoms with E-state index < -0.39 is 0 Å². The Morgan fingerprint density at radius 1 is 1.33 bits per heavy atom. The van der Waals surface area contributed by atoms with Gasteiger partial charge in [0.15, 0.2) is 5.49 Å². The van der Waals surface area contributed by atoms with Crippen LogP contribution >= 0.6 is 0 Å². The molecule has 0 bridgehead atoms. The highest BCUT2D eigenvalue weighted by Crippen LogP contribution is 2.15. The molecule has 0 aliphatic carbocycles. The molecule has 92 valence electrons. The van der Waals surface area contributed by atoms with Crippen LogP contribution in [0.5, 0.6) is 0 Å². The Kier molecular flexibility index (Phi) is 2.72. The van der Waals surface area contributed by atoms with Crippen molar-refractivity contribution in [1.29, 1.82) is 0 Å². The van der Waals surface area contributed by atoms with Gasteiger partial charge in [-0.15, -0.1) is 0 Å². The number of rotatable bonds is 2. The molecule has 3 rings (SSSR count). The summed E-state index contributed by atoms with van der Waals surface area (Å²) in [5.41, 5.74) is 3.89. The molecule has 1 aliphatic rings. The summed E-state index contributed by atoms with van der Waals surface area (Å²) in [5.74, 6) is 0. The number of hydrogen-bond acceptors (Lipinski definition) is 3. The molecule has 0 radical (unpaired) electrons. The molecule has 0 saturated carbocycles. The molecule has 0 saturated heterocycles. The van der Waals surface area contributed by atoms with Crippen molar-refractivity contribution in [1.82, 2.24) is 4.98 Å². The number of aliphatic hydroxyl groups is 1. The number of nitrogens with zero attached hydrogens (tertiary/aromatic N) is 2. The van der Waals surface area contributed by atoms with Crippen LogP contribution in [0.25, 0.3) is 11.3 Å². The predicted molar refractivity (Wildman–Crippen MR) is 68.8 cm³/mol. The van der Waals surface area contributed by atoms with Crippen molar-refractivity contribution in [2.24, 2.45) is 9.98 Å². The molecule has 1 atom stereocenters. The van der Waals surface area contributed by atoms with E-state index in [0.717, 1.165) is 34.2 Å². The first-order valence-corrected chi connectivity index (χ1v) is 6.08. The number of fused-ring (bicyclic) bond motifs is 1. The van der Waals surface area contributed by atoms with Gasteiger partial charge in [-0.1, -0.05) is 24.3 Å². The van der Waals surface area contributed by atoms with Crippen molar-refractivity contribution in [2.75, 3.05) is 6.54 Å². The molecule has 0 fully saturated rings. The molecule has 4 nitrogen and oxygen atoms in total. The zero-order chi connectivity index (χ0) is 12.5. The van der Waals surface area contributed by atoms with Gasteiger partial charge in [-0.25, -0.2) is 0 Å². The van der Waals surface area contributed by atoms with Crippen LogP contribution in [-0.4, -0.2) is 22.7 Å². The lowest BCUT2D eigenvalue weighted by Crippen LogP contribution is -2.31. The van der Waals surface area contributed by atoms with E-state index in [-0.39, 0.29) is 12.6 Å². The van der Waals surface area contributed by atoms with E-state index in [2.05, 4.69) is 21.9 Å². The maximum absolute atomic E-state index is 9.02. The highest BCUT2D eigenvalue weighted by molar-refractivity contribution is 5.59. The highest BCUT2D eigenvalue weighted by atomic mass is 16.3. The fourth-order valence-electron chi connectivity index (χ4n) is 2.10. The second-order valence-corrected chi connectivity index (χ2v) is 4.59. The molecular weight excluding hydrogens is 226 g/mol. The van der Waals surface area contributed by atoms with E-state index in [1.807, 2.05) is 30.3 Å². The molecule has 18 heavy (non-hydrogen) atoms. The number of hydrogen-bond donors (Lipinski definition) is 2. The van der Waals surface area contributed by atoms with Gasteiger partial charge in [0.2, 0.25) is 0 Å². The summed E-state index contributed by atoms with van der Waals surface area (Å²) in [6.45, 7) is 2.88. The third-order valence-electron chi connectivity index (χ3n) is 3.10. The average Bonchev–Trinajstić information content (AvgIpc) is 2.81. The molecule has 0 amide bonds. The van der Waals surface area contributed by atoms with Gasteiger partial charge in [0.25, 0.3) is 0 Å². The monoisotopic (exact) mass is 241 g/mol. The molecule has 1 aliphatic heterocycles. The van der Waals surface area contributed by atoms with Crippen molar-refractivity contribution in [3.8, 4) is 11.3 Å². The van der Waals surface area contributed by atoms with Gasteiger partial charge in [-0.2, -0.15) is 0 Å². The molecule has 2 N–H and O–H groups in total. The Morgan fingerprint density at radius 3 is 2.83 bits per heavy atom. The molecular formula is C14H15N3O. The Balaban J connectivity index is 2.05. The smallest absolute Gasteiger partial charge is 0.151 e. The van der Waals surface area contributed by atoms with Crippen molar-refractivity contribution in [2.45, 2.75) is 19.6 Å². The second kappa shape index (κ2) is 4.38. The Bertz CT molecular complexity index is 670. The van der Waals surface area contributed by atoms with E-state index in [0.29, 0.717) is 0 Å². The van der Waals surface area contributed by atoms with Crippen LogP contribution in [0.1, 0.15) is 12.5 Å². The second-order valence-electron chi connectivity index (χ2n) is 4.59. The number of aliphatic hydroxyl groups excluding tert-OH is 1. The summed E-state index contributed by atoms with van der Waals surface area (Å²) in [7, 11) is 0. The normalized spacial score (nSPS) is 17.8. The minimum absolute atomic E-state index is 0.0731. The summed E-state index contributed by atoms with van der Waals surface area (Å²) < 4.78 is 0. The van der Waals surface area contributed by atoms with Crippen LogP contribution in [0.2, 0.25) is 0 Å². The lowest BCUT2D eigenvalue weighted by atomic mass is 10.1. The van der Waals surface area contributed by atoms with Crippen molar-refractivity contribution >= 4 is 0 Å². The summed E-state index contributed by atoms with van der Waals surface area (Å²) in [4.78, 5) is 12.3. The van der Waals surface area contributed by atoms with Gasteiger partial charge < -0.3 is 10.1 Å². The zero-order valence-electron chi connectivity index (χ0n) is 10.2. The summed E-state index contributed by atoms with van der Waals surface area (Å²) in [6, 6.07) is 10.1. The predicted octanol–water partition coefficient (Wildman–Crippen LogP) is 0.815. The fraction of sp³-hybridized carbons (Fsp3) is 0.286. The summed E-state index contributed by atoms with van der Waals surface area (Å²) in [6.07, 6.45) is 0. The number of benzene rings is 1. The number of H-pyrrole nitrogens is 1. The largest absolute Gasteiger partial charge is 0.392 e. The van der Waals surface area contributed by atoms with Gasteiger partial charge in [0.1, 0.15) is 5.36 Å². The lowest BCUT2D eigenvalue weighted by Gasteiger charge is -2.02. The Hall–Kier alpha value is -1.94. The number of aromatic amines is 1. The first-order valence-electron chi connectivity index (χ1n) is 6.08. The highest BCUT2D eigenvalue weighted by Gasteiger charge is 2.07. The van der Waals surface area contributed by atoms with Crippen LogP contribution < -0.4 is 10.8 Å². The molecule has 1 aromatic carbocycles. The fourth-order valence-corrected chi connectivity index (χ4v) is 2.10. The van der Waals surface area contributed by atoms with E-state index >= 15 is 0 Å². The maximum atomic E-state index is 9.02. The molecule has 1 aromatic heterocycles. The van der Waals surface area contributed by atoms with Crippen LogP contribution in [-0.2, 0) is 6.61 Å². The molecule has 2 aromatic rings. The molecule has 1 unspecified atom stereocenters. The minimum Gasteiger partial charge on any atom is -0.392 e. The third kappa shape index (κ3) is 1.95. The van der Waals surface area contributed by atoms with Crippen LogP contribution in [0.4, 0.5) is 0 Å². The van der Waals surface area contributed by atoms with Crippen molar-refractivity contribution in [3.63, 3.8) is 0 Å². The maximum Gasteiger partial charge on any atom is 0.151 e. The minimum atomic E-state index is 0.0731. The van der Waals surface area contributed by atoms with Crippen LogP contribution in [0.15, 0.2) is 40.3 Å². The third-order valence-corrected chi connectivity index (χ3v) is 3.10. The SMILES string of the molecule is CC1CN=c2[nH]c(-c3ccc(CO)cc3)cc2=N1. The molecule has 2 heterocycles. The van der Waals surface area contributed by atoms with Crippen LogP contribution in [0, 0.1) is 0 Å². The topological polar surface area (TPSA) is 60.7 Å². The van der Waals surface area contributed by atoms with E-state index in [1.54, 1.807) is 0 Å². The first-order chi connectivity index (χ1) is 8.76. The quantitative estimate of drug-likeness (QED) is 0.803. The van der Waals surface area contributed by atoms with Gasteiger partial charge in [-0.05, 0) is 24.1 Å². The standard InChI is InChI=1S/C14H15N3O/c1-9-7-15-14-13(16-9)6-12(17-14)11-4-2-10(8-18)3-5-11/h2-6,9,18H,7-8H2,1H3,(H,15,17). The van der Waals surface area contributed by atoms with E-state index in [9.17, 15) is 0 Å². The summed E-state index contributed by atoms with van der Waals surface area (Å²) >= 11 is 0. The molecule has 0 spiro atoms. The first kappa shape index (κ1) is 11.2. The molecule has 4 heteroatoms. The van der Waals surface area contributed by atoms with Gasteiger partial charge in [0, 0.05) is 5.69 Å². The van der Waals surface area contributed by atoms with Gasteiger partial charge >= 0.3 is 0 Å². The van der Waals surface area contributed by atoms with Gasteiger partial charge in [0.05, 0.1) is 19.2 Å². The number of nitrogens with one attached hydrogen (secondary N) is 1. The Morgan fingerprint density at radius 2 is 2.11 bits per heavy atom. The zero-order valence-corrected chi connectivity index (χ0v) is 10.2. The van der Waals surface area contributed by atoms with Gasteiger partial charge in [-0.3, -0.25) is 9.98 Å². The summed E-state index contributed by atoms with van der Waals surface area (Å²) in [5, 5.41) is 9.96. The lowest BCUT2D eigenvalue weighted by molar-refractivity contribution is 0.282. The number of aromatic nitrogens is 1. The van der Waals surface area contributed by atoms with E-state index in [1.165, 1.54) is 0 Å². The van der Waals surface area contributed by atoms with Crippen molar-refractivity contribution in [3.05, 3.63) is 46.7 Å². The van der Waals surface area contributed by atoms with Crippen LogP contribution in [0.3, 0.4) is 0 Å². The Labute approximate surface area is 105 Å². The van der Waals surface area contributed by atoms with E-state index in [4.69, 9.17) is 5.11 Å². The average molecular weight is 241 g/mol. The van der Waals surface area contributed by atoms with Crippen molar-refractivity contribution < 1.29 is 5.11 Å².